The lowest BCUT2D eigenvalue weighted by molar-refractivity contribution is 0.468. The quantitative estimate of drug-likeness (QED) is 0.324. The summed E-state index contributed by atoms with van der Waals surface area (Å²) in [6, 6.07) is 11.9. The normalized spacial score (nSPS) is 13.3. The van der Waals surface area contributed by atoms with Gasteiger partial charge in [0.05, 0.1) is 0 Å². The van der Waals surface area contributed by atoms with Crippen LogP contribution in [0, 0.1) is 0 Å². The largest absolute Gasteiger partial charge is 0.507 e. The van der Waals surface area contributed by atoms with E-state index >= 15 is 0 Å². The first kappa shape index (κ1) is 24.3. The van der Waals surface area contributed by atoms with E-state index in [1.54, 1.807) is 12.1 Å². The zero-order valence-corrected chi connectivity index (χ0v) is 19.6. The van der Waals surface area contributed by atoms with Gasteiger partial charge in [-0.15, -0.1) is 0 Å². The molecule has 0 spiro atoms. The van der Waals surface area contributed by atoms with Crippen molar-refractivity contribution in [2.45, 2.75) is 104 Å². The molecule has 0 saturated heterocycles. The lowest BCUT2D eigenvalue weighted by Gasteiger charge is -2.19. The fourth-order valence-electron chi connectivity index (χ4n) is 4.54. The molecular weight excluding hydrogens is 368 g/mol. The summed E-state index contributed by atoms with van der Waals surface area (Å²) in [4.78, 5) is 0. The Balaban J connectivity index is 2.35. The van der Waals surface area contributed by atoms with Crippen LogP contribution in [0.2, 0.25) is 0 Å². The highest BCUT2D eigenvalue weighted by molar-refractivity contribution is 5.76. The molecule has 2 N–H and O–H groups in total. The Morgan fingerprint density at radius 2 is 1.00 bits per heavy atom. The van der Waals surface area contributed by atoms with Crippen molar-refractivity contribution < 1.29 is 10.2 Å². The van der Waals surface area contributed by atoms with E-state index in [-0.39, 0.29) is 11.5 Å². The Bertz CT molecular complexity index is 700. The number of rotatable bonds is 13. The number of phenols is 2. The van der Waals surface area contributed by atoms with E-state index in [4.69, 9.17) is 0 Å². The van der Waals surface area contributed by atoms with E-state index in [0.717, 1.165) is 24.0 Å². The van der Waals surface area contributed by atoms with Gasteiger partial charge in [0.15, 0.2) is 0 Å². The molecule has 0 saturated carbocycles. The zero-order valence-electron chi connectivity index (χ0n) is 19.6. The number of aromatic hydroxyl groups is 2. The van der Waals surface area contributed by atoms with Crippen LogP contribution in [-0.4, -0.2) is 10.2 Å². The van der Waals surface area contributed by atoms with Crippen LogP contribution in [0.3, 0.4) is 0 Å². The molecule has 0 aliphatic heterocycles. The van der Waals surface area contributed by atoms with Crippen LogP contribution in [0.1, 0.15) is 115 Å². The van der Waals surface area contributed by atoms with Crippen LogP contribution in [0.4, 0.5) is 0 Å². The van der Waals surface area contributed by atoms with Gasteiger partial charge in [-0.1, -0.05) is 78.4 Å². The third kappa shape index (κ3) is 6.52. The standard InChI is InChI=1S/C28H42O2/c1-5-9-11-13-21(7-3)23-15-17-27(29)25(19-23)26-20-24(16-18-28(26)30)22(8-4)14-12-10-6-2/h15-22,29-30H,5-14H2,1-4H3. The van der Waals surface area contributed by atoms with E-state index < -0.39 is 0 Å². The Hall–Kier alpha value is -1.96. The third-order valence-electron chi connectivity index (χ3n) is 6.57. The molecule has 0 aliphatic carbocycles. The third-order valence-corrected chi connectivity index (χ3v) is 6.57. The van der Waals surface area contributed by atoms with Gasteiger partial charge in [-0.05, 0) is 72.9 Å². The summed E-state index contributed by atoms with van der Waals surface area (Å²) in [7, 11) is 0. The molecule has 0 fully saturated rings. The molecule has 0 radical (unpaired) electrons. The van der Waals surface area contributed by atoms with Crippen molar-refractivity contribution in [3.8, 4) is 22.6 Å². The maximum atomic E-state index is 10.6. The molecule has 2 unspecified atom stereocenters. The topological polar surface area (TPSA) is 40.5 Å². The number of benzene rings is 2. The van der Waals surface area contributed by atoms with Crippen molar-refractivity contribution in [1.29, 1.82) is 0 Å². The van der Waals surface area contributed by atoms with Crippen molar-refractivity contribution in [3.63, 3.8) is 0 Å². The van der Waals surface area contributed by atoms with Gasteiger partial charge in [-0.3, -0.25) is 0 Å². The van der Waals surface area contributed by atoms with Crippen LogP contribution in [-0.2, 0) is 0 Å². The molecule has 0 aliphatic rings. The molecule has 166 valence electrons. The van der Waals surface area contributed by atoms with Crippen LogP contribution >= 0.6 is 0 Å². The number of phenolic OH excluding ortho intramolecular Hbond substituents is 2. The Morgan fingerprint density at radius 1 is 0.600 bits per heavy atom. The average Bonchev–Trinajstić information content (AvgIpc) is 2.76. The second kappa shape index (κ2) is 12.7. The lowest BCUT2D eigenvalue weighted by Crippen LogP contribution is -2.00. The SMILES string of the molecule is CCCCCC(CC)c1ccc(O)c(-c2cc(C(CC)CCCCC)ccc2O)c1. The molecule has 2 rings (SSSR count). The maximum absolute atomic E-state index is 10.6. The Labute approximate surface area is 184 Å². The van der Waals surface area contributed by atoms with Gasteiger partial charge in [-0.25, -0.2) is 0 Å². The van der Waals surface area contributed by atoms with E-state index in [1.165, 1.54) is 62.5 Å². The first-order valence-electron chi connectivity index (χ1n) is 12.2. The predicted molar refractivity (Wildman–Crippen MR) is 130 cm³/mol. The first-order valence-corrected chi connectivity index (χ1v) is 12.2. The van der Waals surface area contributed by atoms with Crippen molar-refractivity contribution in [1.82, 2.24) is 0 Å². The molecule has 0 aromatic heterocycles. The summed E-state index contributed by atoms with van der Waals surface area (Å²) in [5, 5.41) is 21.3. The van der Waals surface area contributed by atoms with Gasteiger partial charge in [0.25, 0.3) is 0 Å². The van der Waals surface area contributed by atoms with Crippen LogP contribution in [0.5, 0.6) is 11.5 Å². The van der Waals surface area contributed by atoms with Crippen LogP contribution in [0.15, 0.2) is 36.4 Å². The minimum atomic E-state index is 0.244. The van der Waals surface area contributed by atoms with Crippen LogP contribution < -0.4 is 0 Å². The second-order valence-electron chi connectivity index (χ2n) is 8.76. The molecular formula is C28H42O2. The highest BCUT2D eigenvalue weighted by Gasteiger charge is 2.17. The van der Waals surface area contributed by atoms with E-state index in [0.29, 0.717) is 11.8 Å². The smallest absolute Gasteiger partial charge is 0.123 e. The number of unbranched alkanes of at least 4 members (excludes halogenated alkanes) is 4. The van der Waals surface area contributed by atoms with E-state index in [9.17, 15) is 10.2 Å². The summed E-state index contributed by atoms with van der Waals surface area (Å²) < 4.78 is 0. The van der Waals surface area contributed by atoms with Gasteiger partial charge >= 0.3 is 0 Å². The van der Waals surface area contributed by atoms with Crippen molar-refractivity contribution >= 4 is 0 Å². The van der Waals surface area contributed by atoms with E-state index in [1.807, 2.05) is 0 Å². The minimum absolute atomic E-state index is 0.244. The fourth-order valence-corrected chi connectivity index (χ4v) is 4.54. The van der Waals surface area contributed by atoms with Crippen molar-refractivity contribution in [2.24, 2.45) is 0 Å². The summed E-state index contributed by atoms with van der Waals surface area (Å²) in [5.74, 6) is 1.49. The van der Waals surface area contributed by atoms with Crippen molar-refractivity contribution in [3.05, 3.63) is 47.5 Å². The van der Waals surface area contributed by atoms with E-state index in [2.05, 4.69) is 52.0 Å². The predicted octanol–water partition coefficient (Wildman–Crippen LogP) is 8.91. The lowest BCUT2D eigenvalue weighted by atomic mass is 9.86. The van der Waals surface area contributed by atoms with Crippen LogP contribution in [0.25, 0.3) is 11.1 Å². The second-order valence-corrected chi connectivity index (χ2v) is 8.76. The molecule has 30 heavy (non-hydrogen) atoms. The summed E-state index contributed by atoms with van der Waals surface area (Å²) in [6.07, 6.45) is 12.0. The first-order chi connectivity index (χ1) is 14.5. The highest BCUT2D eigenvalue weighted by atomic mass is 16.3. The molecule has 2 atom stereocenters. The summed E-state index contributed by atoms with van der Waals surface area (Å²) in [6.45, 7) is 8.95. The average molecular weight is 411 g/mol. The van der Waals surface area contributed by atoms with Gasteiger partial charge in [0.1, 0.15) is 11.5 Å². The number of hydrogen-bond acceptors (Lipinski definition) is 2. The Morgan fingerprint density at radius 3 is 1.33 bits per heavy atom. The highest BCUT2D eigenvalue weighted by Crippen LogP contribution is 2.40. The molecule has 0 bridgehead atoms. The zero-order chi connectivity index (χ0) is 21.9. The molecule has 0 amide bonds. The molecule has 2 aromatic rings. The monoisotopic (exact) mass is 410 g/mol. The van der Waals surface area contributed by atoms with Gasteiger partial charge < -0.3 is 10.2 Å². The molecule has 2 nitrogen and oxygen atoms in total. The summed E-state index contributed by atoms with van der Waals surface area (Å²) in [5.41, 5.74) is 4.04. The number of hydrogen-bond donors (Lipinski definition) is 2. The summed E-state index contributed by atoms with van der Waals surface area (Å²) >= 11 is 0. The van der Waals surface area contributed by atoms with Gasteiger partial charge in [-0.2, -0.15) is 0 Å². The molecule has 2 heteroatoms. The van der Waals surface area contributed by atoms with Crippen molar-refractivity contribution in [2.75, 3.05) is 0 Å². The fraction of sp³-hybridized carbons (Fsp3) is 0.571. The van der Waals surface area contributed by atoms with Gasteiger partial charge in [0, 0.05) is 11.1 Å². The van der Waals surface area contributed by atoms with Gasteiger partial charge in [0.2, 0.25) is 0 Å². The Kier molecular flexibility index (Phi) is 10.3. The molecule has 0 heterocycles. The molecule has 2 aromatic carbocycles. The minimum Gasteiger partial charge on any atom is -0.507 e. The maximum Gasteiger partial charge on any atom is 0.123 e.